The zero-order valence-corrected chi connectivity index (χ0v) is 11.5. The molecule has 0 spiro atoms. The van der Waals surface area contributed by atoms with Gasteiger partial charge in [-0.2, -0.15) is 11.3 Å². The maximum absolute atomic E-state index is 12.3. The molecule has 1 atom stereocenters. The third-order valence-electron chi connectivity index (χ3n) is 3.22. The van der Waals surface area contributed by atoms with Crippen LogP contribution in [-0.4, -0.2) is 50.2 Å². The Balaban J connectivity index is 1.96. The van der Waals surface area contributed by atoms with Gasteiger partial charge in [0.15, 0.2) is 0 Å². The second kappa shape index (κ2) is 6.87. The predicted molar refractivity (Wildman–Crippen MR) is 73.1 cm³/mol. The van der Waals surface area contributed by atoms with Crippen molar-refractivity contribution in [3.8, 4) is 0 Å². The van der Waals surface area contributed by atoms with Crippen molar-refractivity contribution < 1.29 is 9.53 Å². The number of hydrogen-bond donors (Lipinski definition) is 1. The third kappa shape index (κ3) is 3.54. The van der Waals surface area contributed by atoms with Crippen LogP contribution in [0.5, 0.6) is 0 Å². The first-order chi connectivity index (χ1) is 8.81. The maximum atomic E-state index is 12.3. The molecule has 1 saturated heterocycles. The van der Waals surface area contributed by atoms with Gasteiger partial charge in [-0.25, -0.2) is 0 Å². The quantitative estimate of drug-likeness (QED) is 0.852. The summed E-state index contributed by atoms with van der Waals surface area (Å²) in [6.07, 6.45) is 2.36. The van der Waals surface area contributed by atoms with Crippen LogP contribution in [0.25, 0.3) is 0 Å². The van der Waals surface area contributed by atoms with Gasteiger partial charge in [0, 0.05) is 31.6 Å². The summed E-state index contributed by atoms with van der Waals surface area (Å²) in [5, 5.41) is 7.28. The molecule has 1 amide bonds. The van der Waals surface area contributed by atoms with Gasteiger partial charge in [0.05, 0.1) is 12.2 Å². The van der Waals surface area contributed by atoms with Crippen LogP contribution in [0.15, 0.2) is 16.8 Å². The number of carbonyl (C=O) groups excluding carboxylic acids is 1. The highest BCUT2D eigenvalue weighted by Crippen LogP contribution is 2.12. The smallest absolute Gasteiger partial charge is 0.254 e. The van der Waals surface area contributed by atoms with Crippen molar-refractivity contribution in [1.82, 2.24) is 10.2 Å². The van der Waals surface area contributed by atoms with E-state index >= 15 is 0 Å². The van der Waals surface area contributed by atoms with Gasteiger partial charge < -0.3 is 15.0 Å². The van der Waals surface area contributed by atoms with E-state index in [0.717, 1.165) is 25.1 Å². The molecule has 1 aliphatic heterocycles. The number of ether oxygens (including phenoxy) is 1. The van der Waals surface area contributed by atoms with Crippen molar-refractivity contribution in [2.24, 2.45) is 0 Å². The number of thiophene rings is 1. The standard InChI is InChI=1S/C13H20N2O2S/c1-17-7-6-15(9-12-3-2-5-14-12)13(16)11-4-8-18-10-11/h4,8,10,12,14H,2-3,5-7,9H2,1H3. The molecule has 1 aliphatic rings. The minimum atomic E-state index is 0.113. The summed E-state index contributed by atoms with van der Waals surface area (Å²) in [6.45, 7) is 3.08. The molecular formula is C13H20N2O2S. The number of rotatable bonds is 6. The Labute approximate surface area is 112 Å². The molecule has 0 radical (unpaired) electrons. The van der Waals surface area contributed by atoms with Crippen LogP contribution in [-0.2, 0) is 4.74 Å². The predicted octanol–water partition coefficient (Wildman–Crippen LogP) is 1.59. The number of hydrogen-bond acceptors (Lipinski definition) is 4. The van der Waals surface area contributed by atoms with E-state index in [0.29, 0.717) is 19.2 Å². The number of amides is 1. The molecule has 4 nitrogen and oxygen atoms in total. The van der Waals surface area contributed by atoms with Gasteiger partial charge in [-0.15, -0.1) is 0 Å². The molecule has 18 heavy (non-hydrogen) atoms. The summed E-state index contributed by atoms with van der Waals surface area (Å²) >= 11 is 1.56. The molecule has 1 unspecified atom stereocenters. The molecule has 0 aliphatic carbocycles. The van der Waals surface area contributed by atoms with E-state index in [-0.39, 0.29) is 5.91 Å². The number of nitrogens with one attached hydrogen (secondary N) is 1. The van der Waals surface area contributed by atoms with Gasteiger partial charge in [0.2, 0.25) is 0 Å². The van der Waals surface area contributed by atoms with Crippen molar-refractivity contribution in [3.63, 3.8) is 0 Å². The van der Waals surface area contributed by atoms with Crippen molar-refractivity contribution in [1.29, 1.82) is 0 Å². The minimum absolute atomic E-state index is 0.113. The van der Waals surface area contributed by atoms with Crippen LogP contribution in [0, 0.1) is 0 Å². The lowest BCUT2D eigenvalue weighted by atomic mass is 10.2. The number of nitrogens with zero attached hydrogens (tertiary/aromatic N) is 1. The average molecular weight is 268 g/mol. The van der Waals surface area contributed by atoms with Crippen LogP contribution < -0.4 is 5.32 Å². The lowest BCUT2D eigenvalue weighted by molar-refractivity contribution is 0.0680. The Bertz CT molecular complexity index is 361. The normalized spacial score (nSPS) is 19.1. The van der Waals surface area contributed by atoms with E-state index in [1.807, 2.05) is 21.7 Å². The van der Waals surface area contributed by atoms with Gasteiger partial charge in [0.1, 0.15) is 0 Å². The zero-order chi connectivity index (χ0) is 12.8. The fourth-order valence-corrected chi connectivity index (χ4v) is 2.85. The minimum Gasteiger partial charge on any atom is -0.383 e. The summed E-state index contributed by atoms with van der Waals surface area (Å²) in [5.41, 5.74) is 0.786. The van der Waals surface area contributed by atoms with Crippen molar-refractivity contribution in [3.05, 3.63) is 22.4 Å². The highest BCUT2D eigenvalue weighted by molar-refractivity contribution is 7.08. The van der Waals surface area contributed by atoms with E-state index in [1.165, 1.54) is 6.42 Å². The first-order valence-electron chi connectivity index (χ1n) is 6.35. The molecule has 0 saturated carbocycles. The Morgan fingerprint density at radius 3 is 3.17 bits per heavy atom. The fourth-order valence-electron chi connectivity index (χ4n) is 2.22. The lowest BCUT2D eigenvalue weighted by Gasteiger charge is -2.25. The summed E-state index contributed by atoms with van der Waals surface area (Å²) in [7, 11) is 1.67. The van der Waals surface area contributed by atoms with Gasteiger partial charge in [0.25, 0.3) is 5.91 Å². The third-order valence-corrected chi connectivity index (χ3v) is 3.91. The maximum Gasteiger partial charge on any atom is 0.254 e. The molecule has 1 N–H and O–H groups in total. The first-order valence-corrected chi connectivity index (χ1v) is 7.29. The van der Waals surface area contributed by atoms with E-state index in [9.17, 15) is 4.79 Å². The zero-order valence-electron chi connectivity index (χ0n) is 10.7. The Morgan fingerprint density at radius 2 is 2.56 bits per heavy atom. The lowest BCUT2D eigenvalue weighted by Crippen LogP contribution is -2.42. The molecule has 0 aromatic carbocycles. The van der Waals surface area contributed by atoms with Gasteiger partial charge in [-0.1, -0.05) is 0 Å². The molecule has 0 bridgehead atoms. The van der Waals surface area contributed by atoms with Crippen molar-refractivity contribution >= 4 is 17.2 Å². The van der Waals surface area contributed by atoms with Crippen LogP contribution in [0.3, 0.4) is 0 Å². The molecule has 1 aromatic rings. The Kier molecular flexibility index (Phi) is 5.16. The summed E-state index contributed by atoms with van der Waals surface area (Å²) < 4.78 is 5.09. The summed E-state index contributed by atoms with van der Waals surface area (Å²) in [5.74, 6) is 0.113. The number of carbonyl (C=O) groups is 1. The molecular weight excluding hydrogens is 248 g/mol. The SMILES string of the molecule is COCCN(CC1CCCN1)C(=O)c1ccsc1. The van der Waals surface area contributed by atoms with E-state index in [2.05, 4.69) is 5.32 Å². The number of methoxy groups -OCH3 is 1. The van der Waals surface area contributed by atoms with Crippen molar-refractivity contribution in [2.45, 2.75) is 18.9 Å². The fraction of sp³-hybridized carbons (Fsp3) is 0.615. The second-order valence-corrected chi connectivity index (χ2v) is 5.33. The van der Waals surface area contributed by atoms with Gasteiger partial charge >= 0.3 is 0 Å². The second-order valence-electron chi connectivity index (χ2n) is 4.55. The van der Waals surface area contributed by atoms with Gasteiger partial charge in [-0.05, 0) is 30.8 Å². The molecule has 2 rings (SSSR count). The summed E-state index contributed by atoms with van der Waals surface area (Å²) in [6, 6.07) is 2.32. The van der Waals surface area contributed by atoms with E-state index < -0.39 is 0 Å². The largest absolute Gasteiger partial charge is 0.383 e. The van der Waals surface area contributed by atoms with E-state index in [1.54, 1.807) is 18.4 Å². The highest BCUT2D eigenvalue weighted by atomic mass is 32.1. The average Bonchev–Trinajstić information content (AvgIpc) is 3.06. The van der Waals surface area contributed by atoms with Crippen LogP contribution >= 0.6 is 11.3 Å². The molecule has 1 fully saturated rings. The Hall–Kier alpha value is -0.910. The summed E-state index contributed by atoms with van der Waals surface area (Å²) in [4.78, 5) is 14.2. The molecule has 5 heteroatoms. The Morgan fingerprint density at radius 1 is 1.67 bits per heavy atom. The van der Waals surface area contributed by atoms with Crippen LogP contribution in [0.4, 0.5) is 0 Å². The van der Waals surface area contributed by atoms with Gasteiger partial charge in [-0.3, -0.25) is 4.79 Å². The first kappa shape index (κ1) is 13.5. The van der Waals surface area contributed by atoms with Crippen LogP contribution in [0.2, 0.25) is 0 Å². The monoisotopic (exact) mass is 268 g/mol. The molecule has 100 valence electrons. The molecule has 2 heterocycles. The van der Waals surface area contributed by atoms with E-state index in [4.69, 9.17) is 4.74 Å². The van der Waals surface area contributed by atoms with Crippen LogP contribution in [0.1, 0.15) is 23.2 Å². The molecule has 1 aromatic heterocycles. The van der Waals surface area contributed by atoms with Crippen molar-refractivity contribution in [2.75, 3.05) is 33.4 Å². The highest BCUT2D eigenvalue weighted by Gasteiger charge is 2.22. The topological polar surface area (TPSA) is 41.6 Å².